The lowest BCUT2D eigenvalue weighted by molar-refractivity contribution is 0.487. The number of hydrogen-bond acceptors (Lipinski definition) is 3. The van der Waals surface area contributed by atoms with Crippen LogP contribution < -0.4 is 5.32 Å². The Bertz CT molecular complexity index is 417. The lowest BCUT2D eigenvalue weighted by atomic mass is 9.95. The summed E-state index contributed by atoms with van der Waals surface area (Å²) in [7, 11) is 0. The molecule has 0 saturated carbocycles. The summed E-state index contributed by atoms with van der Waals surface area (Å²) in [4.78, 5) is 4.42. The Hall–Kier alpha value is -1.50. The summed E-state index contributed by atoms with van der Waals surface area (Å²) >= 11 is 0. The molecule has 80 valence electrons. The Labute approximate surface area is 89.9 Å². The van der Waals surface area contributed by atoms with Gasteiger partial charge in [0.05, 0.1) is 0 Å². The van der Waals surface area contributed by atoms with Crippen LogP contribution in [0, 0.1) is 11.3 Å². The SMILES string of the molecule is CC(C)(C)c1nc(C#N)c2n1CCCN2. The van der Waals surface area contributed by atoms with Crippen LogP contribution >= 0.6 is 0 Å². The molecule has 0 unspecified atom stereocenters. The molecule has 4 nitrogen and oxygen atoms in total. The number of anilines is 1. The highest BCUT2D eigenvalue weighted by atomic mass is 15.2. The molecule has 1 aliphatic rings. The molecule has 0 spiro atoms. The summed E-state index contributed by atoms with van der Waals surface area (Å²) < 4.78 is 2.14. The number of hydrogen-bond donors (Lipinski definition) is 1. The second kappa shape index (κ2) is 3.27. The smallest absolute Gasteiger partial charge is 0.183 e. The molecule has 2 rings (SSSR count). The van der Waals surface area contributed by atoms with Gasteiger partial charge in [-0.25, -0.2) is 4.98 Å². The minimum Gasteiger partial charge on any atom is -0.369 e. The Kier molecular flexibility index (Phi) is 2.18. The molecule has 1 N–H and O–H groups in total. The Balaban J connectivity index is 2.58. The molecule has 0 fully saturated rings. The van der Waals surface area contributed by atoms with Gasteiger partial charge in [-0.3, -0.25) is 0 Å². The average Bonchev–Trinajstić information content (AvgIpc) is 2.55. The zero-order chi connectivity index (χ0) is 11.1. The monoisotopic (exact) mass is 204 g/mol. The Morgan fingerprint density at radius 2 is 2.20 bits per heavy atom. The molecule has 1 aromatic heterocycles. The topological polar surface area (TPSA) is 53.6 Å². The number of fused-ring (bicyclic) bond motifs is 1. The molecule has 0 atom stereocenters. The van der Waals surface area contributed by atoms with Gasteiger partial charge in [0.25, 0.3) is 0 Å². The molecule has 0 saturated heterocycles. The normalized spacial score (nSPS) is 15.3. The van der Waals surface area contributed by atoms with Crippen molar-refractivity contribution in [1.29, 1.82) is 5.26 Å². The van der Waals surface area contributed by atoms with Crippen molar-refractivity contribution in [3.8, 4) is 6.07 Å². The van der Waals surface area contributed by atoms with Gasteiger partial charge in [-0.1, -0.05) is 20.8 Å². The van der Waals surface area contributed by atoms with Crippen LogP contribution in [0.2, 0.25) is 0 Å². The first kappa shape index (κ1) is 10.0. The maximum absolute atomic E-state index is 9.01. The largest absolute Gasteiger partial charge is 0.369 e. The standard InChI is InChI=1S/C11H16N4/c1-11(2,3)10-14-8(7-12)9-13-5-4-6-15(9)10/h13H,4-6H2,1-3H3. The molecule has 1 aliphatic heterocycles. The van der Waals surface area contributed by atoms with Crippen molar-refractivity contribution in [2.24, 2.45) is 0 Å². The van der Waals surface area contributed by atoms with Gasteiger partial charge >= 0.3 is 0 Å². The van der Waals surface area contributed by atoms with Crippen LogP contribution in [0.25, 0.3) is 0 Å². The second-order valence-electron chi connectivity index (χ2n) is 4.93. The lowest BCUT2D eigenvalue weighted by Crippen LogP contribution is -2.24. The van der Waals surface area contributed by atoms with Crippen LogP contribution in [0.1, 0.15) is 38.7 Å². The molecule has 1 aromatic rings. The van der Waals surface area contributed by atoms with E-state index in [1.54, 1.807) is 0 Å². The van der Waals surface area contributed by atoms with Gasteiger partial charge in [-0.05, 0) is 6.42 Å². The van der Waals surface area contributed by atoms with Crippen molar-refractivity contribution < 1.29 is 0 Å². The molecule has 15 heavy (non-hydrogen) atoms. The van der Waals surface area contributed by atoms with E-state index in [0.717, 1.165) is 31.2 Å². The summed E-state index contributed by atoms with van der Waals surface area (Å²) in [5.74, 6) is 1.90. The molecular formula is C11H16N4. The van der Waals surface area contributed by atoms with Crippen LogP contribution in [0.4, 0.5) is 5.82 Å². The summed E-state index contributed by atoms with van der Waals surface area (Å²) in [6.07, 6.45) is 1.09. The third kappa shape index (κ3) is 1.58. The number of nitriles is 1. The molecule has 0 bridgehead atoms. The highest BCUT2D eigenvalue weighted by Gasteiger charge is 2.27. The molecule has 0 radical (unpaired) electrons. The predicted octanol–water partition coefficient (Wildman–Crippen LogP) is 1.87. The minimum atomic E-state index is -0.0110. The third-order valence-corrected chi connectivity index (χ3v) is 2.60. The van der Waals surface area contributed by atoms with Crippen molar-refractivity contribution in [1.82, 2.24) is 9.55 Å². The molecular weight excluding hydrogens is 188 g/mol. The van der Waals surface area contributed by atoms with E-state index in [9.17, 15) is 0 Å². The zero-order valence-electron chi connectivity index (χ0n) is 9.46. The Morgan fingerprint density at radius 1 is 1.47 bits per heavy atom. The van der Waals surface area contributed by atoms with Crippen LogP contribution in [-0.2, 0) is 12.0 Å². The van der Waals surface area contributed by atoms with Gasteiger partial charge in [-0.15, -0.1) is 0 Å². The molecule has 0 aromatic carbocycles. The van der Waals surface area contributed by atoms with Crippen molar-refractivity contribution >= 4 is 5.82 Å². The fourth-order valence-corrected chi connectivity index (χ4v) is 1.94. The highest BCUT2D eigenvalue weighted by Crippen LogP contribution is 2.29. The van der Waals surface area contributed by atoms with Gasteiger partial charge < -0.3 is 9.88 Å². The van der Waals surface area contributed by atoms with Gasteiger partial charge in [0.2, 0.25) is 0 Å². The zero-order valence-corrected chi connectivity index (χ0v) is 9.46. The van der Waals surface area contributed by atoms with E-state index in [0.29, 0.717) is 5.69 Å². The van der Waals surface area contributed by atoms with Crippen LogP contribution in [0.3, 0.4) is 0 Å². The van der Waals surface area contributed by atoms with E-state index < -0.39 is 0 Å². The maximum Gasteiger partial charge on any atom is 0.183 e. The van der Waals surface area contributed by atoms with Crippen molar-refractivity contribution in [2.45, 2.75) is 39.2 Å². The predicted molar refractivity (Wildman–Crippen MR) is 58.7 cm³/mol. The quantitative estimate of drug-likeness (QED) is 0.702. The number of aromatic nitrogens is 2. The summed E-state index contributed by atoms with van der Waals surface area (Å²) in [6.45, 7) is 8.27. The van der Waals surface area contributed by atoms with Crippen molar-refractivity contribution in [2.75, 3.05) is 11.9 Å². The van der Waals surface area contributed by atoms with E-state index in [1.807, 2.05) is 0 Å². The fraction of sp³-hybridized carbons (Fsp3) is 0.636. The van der Waals surface area contributed by atoms with Gasteiger partial charge in [0, 0.05) is 18.5 Å². The van der Waals surface area contributed by atoms with Gasteiger partial charge in [0.1, 0.15) is 17.7 Å². The van der Waals surface area contributed by atoms with Crippen LogP contribution in [-0.4, -0.2) is 16.1 Å². The number of nitrogens with one attached hydrogen (secondary N) is 1. The van der Waals surface area contributed by atoms with Crippen molar-refractivity contribution in [3.63, 3.8) is 0 Å². The van der Waals surface area contributed by atoms with Crippen LogP contribution in [0.5, 0.6) is 0 Å². The Morgan fingerprint density at radius 3 is 2.80 bits per heavy atom. The number of rotatable bonds is 0. The van der Waals surface area contributed by atoms with E-state index in [4.69, 9.17) is 5.26 Å². The summed E-state index contributed by atoms with van der Waals surface area (Å²) in [5.41, 5.74) is 0.516. The molecule has 2 heterocycles. The molecule has 4 heteroatoms. The maximum atomic E-state index is 9.01. The minimum absolute atomic E-state index is 0.0110. The fourth-order valence-electron chi connectivity index (χ4n) is 1.94. The first-order valence-electron chi connectivity index (χ1n) is 5.29. The summed E-state index contributed by atoms with van der Waals surface area (Å²) in [5, 5.41) is 12.3. The van der Waals surface area contributed by atoms with Crippen LogP contribution in [0.15, 0.2) is 0 Å². The van der Waals surface area contributed by atoms with E-state index >= 15 is 0 Å². The average molecular weight is 204 g/mol. The third-order valence-electron chi connectivity index (χ3n) is 2.60. The second-order valence-corrected chi connectivity index (χ2v) is 4.93. The molecule has 0 aliphatic carbocycles. The lowest BCUT2D eigenvalue weighted by Gasteiger charge is -2.24. The number of nitrogens with zero attached hydrogens (tertiary/aromatic N) is 3. The van der Waals surface area contributed by atoms with Gasteiger partial charge in [0.15, 0.2) is 5.69 Å². The number of imidazole rings is 1. The first-order chi connectivity index (χ1) is 7.04. The highest BCUT2D eigenvalue weighted by molar-refractivity contribution is 5.51. The van der Waals surface area contributed by atoms with E-state index in [-0.39, 0.29) is 5.41 Å². The van der Waals surface area contributed by atoms with E-state index in [1.165, 1.54) is 0 Å². The first-order valence-corrected chi connectivity index (χ1v) is 5.29. The summed E-state index contributed by atoms with van der Waals surface area (Å²) in [6, 6.07) is 2.15. The van der Waals surface area contributed by atoms with Crippen molar-refractivity contribution in [3.05, 3.63) is 11.5 Å². The molecule has 0 amide bonds. The van der Waals surface area contributed by atoms with Gasteiger partial charge in [-0.2, -0.15) is 5.26 Å². The van der Waals surface area contributed by atoms with E-state index in [2.05, 4.69) is 41.7 Å².